The molecule has 9 nitrogen and oxygen atoms in total. The first-order valence-corrected chi connectivity index (χ1v) is 11.1. The lowest BCUT2D eigenvalue weighted by atomic mass is 9.98. The van der Waals surface area contributed by atoms with Gasteiger partial charge >= 0.3 is 6.09 Å². The lowest BCUT2D eigenvalue weighted by Crippen LogP contribution is -2.42. The summed E-state index contributed by atoms with van der Waals surface area (Å²) in [4.78, 5) is 16.7. The Labute approximate surface area is 202 Å². The van der Waals surface area contributed by atoms with Crippen LogP contribution < -0.4 is 16.0 Å². The minimum Gasteiger partial charge on any atom is -0.444 e. The van der Waals surface area contributed by atoms with Crippen molar-refractivity contribution in [3.05, 3.63) is 42.2 Å². The molecule has 3 rings (SSSR count). The first kappa shape index (κ1) is 26.2. The first-order valence-electron chi connectivity index (χ1n) is 11.1. The van der Waals surface area contributed by atoms with Crippen molar-refractivity contribution in [1.29, 1.82) is 0 Å². The fourth-order valence-electron chi connectivity index (χ4n) is 3.35. The number of hydrogen-bond donors (Lipinski definition) is 4. The van der Waals surface area contributed by atoms with E-state index in [9.17, 15) is 18.7 Å². The summed E-state index contributed by atoms with van der Waals surface area (Å²) in [7, 11) is 0. The molecule has 0 aliphatic heterocycles. The van der Waals surface area contributed by atoms with E-state index in [0.29, 0.717) is 16.6 Å². The van der Waals surface area contributed by atoms with Gasteiger partial charge in [-0.25, -0.2) is 13.6 Å². The summed E-state index contributed by atoms with van der Waals surface area (Å²) in [6, 6.07) is 7.14. The van der Waals surface area contributed by atoms with Crippen LogP contribution in [0.5, 0.6) is 0 Å². The van der Waals surface area contributed by atoms with Gasteiger partial charge in [-0.1, -0.05) is 6.92 Å². The van der Waals surface area contributed by atoms with Gasteiger partial charge in [0.15, 0.2) is 12.2 Å². The Hall–Kier alpha value is -3.44. The number of fused-ring (bicyclic) bond motifs is 1. The van der Waals surface area contributed by atoms with Gasteiger partial charge in [-0.3, -0.25) is 15.6 Å². The van der Waals surface area contributed by atoms with Crippen LogP contribution in [0.3, 0.4) is 0 Å². The topological polar surface area (TPSA) is 121 Å². The zero-order valence-corrected chi connectivity index (χ0v) is 20.3. The average molecular weight is 489 g/mol. The first-order chi connectivity index (χ1) is 16.3. The summed E-state index contributed by atoms with van der Waals surface area (Å²) in [5.41, 5.74) is 2.77. The zero-order valence-electron chi connectivity index (χ0n) is 20.3. The number of rotatable bonds is 8. The SMILES string of the molecule is CCc1ccncc1-c1cc(NC(=O)OC(C)(C)C)c2nnc(NC(O)NCC(C)(F)F)cc2c1. The molecular weight excluding hydrogens is 458 g/mol. The molecule has 0 radical (unpaired) electrons. The molecule has 0 bridgehead atoms. The van der Waals surface area contributed by atoms with Crippen LogP contribution in [0.1, 0.15) is 40.2 Å². The number of aliphatic hydroxyl groups is 1. The van der Waals surface area contributed by atoms with E-state index in [1.54, 1.807) is 45.3 Å². The largest absolute Gasteiger partial charge is 0.444 e. The highest BCUT2D eigenvalue weighted by Crippen LogP contribution is 2.32. The Morgan fingerprint density at radius 1 is 1.17 bits per heavy atom. The Morgan fingerprint density at radius 2 is 1.91 bits per heavy atom. The number of hydrogen-bond acceptors (Lipinski definition) is 8. The molecule has 0 fully saturated rings. The molecule has 4 N–H and O–H groups in total. The molecule has 35 heavy (non-hydrogen) atoms. The molecule has 3 aromatic rings. The summed E-state index contributed by atoms with van der Waals surface area (Å²) in [5, 5.41) is 26.4. The van der Waals surface area contributed by atoms with Gasteiger partial charge < -0.3 is 15.2 Å². The minimum absolute atomic E-state index is 0.152. The van der Waals surface area contributed by atoms with Gasteiger partial charge in [0.05, 0.1) is 12.2 Å². The number of halogens is 2. The number of aliphatic hydroxyl groups excluding tert-OH is 1. The average Bonchev–Trinajstić information content (AvgIpc) is 2.75. The number of benzene rings is 1. The van der Waals surface area contributed by atoms with E-state index in [-0.39, 0.29) is 5.82 Å². The third kappa shape index (κ3) is 7.52. The molecule has 2 heterocycles. The number of amides is 1. The standard InChI is InChI=1S/C24H30F2N6O3/c1-6-14-7-8-27-12-17(14)15-9-16-11-19(30-21(33)28-13-24(5,25)26)31-32-20(16)18(10-15)29-22(34)35-23(2,3)4/h7-12,21,28,33H,6,13H2,1-5H3,(H,29,34)(H,30,31). The van der Waals surface area contributed by atoms with Crippen LogP contribution in [0.2, 0.25) is 0 Å². The summed E-state index contributed by atoms with van der Waals surface area (Å²) in [6.07, 6.45) is 2.10. The highest BCUT2D eigenvalue weighted by molar-refractivity contribution is 6.01. The van der Waals surface area contributed by atoms with Crippen LogP contribution in [0.4, 0.5) is 25.1 Å². The number of carbonyl (C=O) groups is 1. The number of ether oxygens (including phenoxy) is 1. The van der Waals surface area contributed by atoms with Crippen LogP contribution in [-0.4, -0.2) is 50.8 Å². The number of aromatic nitrogens is 3. The van der Waals surface area contributed by atoms with E-state index in [0.717, 1.165) is 30.0 Å². The van der Waals surface area contributed by atoms with Gasteiger partial charge in [0.2, 0.25) is 0 Å². The lowest BCUT2D eigenvalue weighted by Gasteiger charge is -2.20. The molecule has 0 saturated heterocycles. The molecule has 11 heteroatoms. The molecule has 2 aromatic heterocycles. The van der Waals surface area contributed by atoms with Gasteiger partial charge in [0.25, 0.3) is 5.92 Å². The zero-order chi connectivity index (χ0) is 25.8. The molecule has 0 saturated carbocycles. The summed E-state index contributed by atoms with van der Waals surface area (Å²) >= 11 is 0. The van der Waals surface area contributed by atoms with Crippen molar-refractivity contribution in [3.63, 3.8) is 0 Å². The highest BCUT2D eigenvalue weighted by atomic mass is 19.3. The van der Waals surface area contributed by atoms with Crippen molar-refractivity contribution >= 4 is 28.5 Å². The van der Waals surface area contributed by atoms with Crippen molar-refractivity contribution in [2.45, 2.75) is 58.9 Å². The number of nitrogens with zero attached hydrogens (tertiary/aromatic N) is 3. The maximum absolute atomic E-state index is 13.1. The fraction of sp³-hybridized carbons (Fsp3) is 0.417. The summed E-state index contributed by atoms with van der Waals surface area (Å²) in [6.45, 7) is 7.33. The second-order valence-electron chi connectivity index (χ2n) is 9.20. The maximum Gasteiger partial charge on any atom is 0.412 e. The van der Waals surface area contributed by atoms with Crippen molar-refractivity contribution in [2.75, 3.05) is 17.2 Å². The molecule has 0 aliphatic carbocycles. The van der Waals surface area contributed by atoms with Gasteiger partial charge in [-0.15, -0.1) is 10.2 Å². The second kappa shape index (κ2) is 10.4. The quantitative estimate of drug-likeness (QED) is 0.341. The minimum atomic E-state index is -2.99. The summed E-state index contributed by atoms with van der Waals surface area (Å²) < 4.78 is 31.5. The van der Waals surface area contributed by atoms with E-state index in [4.69, 9.17) is 4.74 Å². The van der Waals surface area contributed by atoms with Crippen LogP contribution in [0.25, 0.3) is 22.0 Å². The Morgan fingerprint density at radius 3 is 2.57 bits per heavy atom. The third-order valence-electron chi connectivity index (χ3n) is 4.82. The summed E-state index contributed by atoms with van der Waals surface area (Å²) in [5.74, 6) is -2.84. The molecule has 0 spiro atoms. The van der Waals surface area contributed by atoms with Crippen molar-refractivity contribution in [1.82, 2.24) is 20.5 Å². The van der Waals surface area contributed by atoms with Crippen molar-refractivity contribution < 1.29 is 23.4 Å². The van der Waals surface area contributed by atoms with Crippen molar-refractivity contribution in [2.24, 2.45) is 0 Å². The molecule has 1 aromatic carbocycles. The lowest BCUT2D eigenvalue weighted by molar-refractivity contribution is 0.00764. The predicted octanol–water partition coefficient (Wildman–Crippen LogP) is 4.53. The Balaban J connectivity index is 2.01. The van der Waals surface area contributed by atoms with E-state index < -0.39 is 30.5 Å². The van der Waals surface area contributed by atoms with Crippen LogP contribution in [-0.2, 0) is 11.2 Å². The number of anilines is 2. The number of carbonyl (C=O) groups excluding carboxylic acids is 1. The van der Waals surface area contributed by atoms with Crippen LogP contribution >= 0.6 is 0 Å². The number of pyridine rings is 1. The second-order valence-corrected chi connectivity index (χ2v) is 9.20. The molecular formula is C24H30F2N6O3. The molecule has 188 valence electrons. The van der Waals surface area contributed by atoms with Crippen LogP contribution in [0, 0.1) is 0 Å². The number of aryl methyl sites for hydroxylation is 1. The molecule has 0 aliphatic rings. The normalized spacial score (nSPS) is 12.9. The molecule has 1 atom stereocenters. The fourth-order valence-corrected chi connectivity index (χ4v) is 3.35. The monoisotopic (exact) mass is 488 g/mol. The third-order valence-corrected chi connectivity index (χ3v) is 4.82. The molecule has 1 unspecified atom stereocenters. The van der Waals surface area contributed by atoms with E-state index >= 15 is 0 Å². The number of nitrogens with one attached hydrogen (secondary N) is 3. The van der Waals surface area contributed by atoms with E-state index in [1.807, 2.05) is 19.1 Å². The van der Waals surface area contributed by atoms with E-state index in [2.05, 4.69) is 31.1 Å². The number of alkyl halides is 2. The highest BCUT2D eigenvalue weighted by Gasteiger charge is 2.22. The maximum atomic E-state index is 13.1. The van der Waals surface area contributed by atoms with Gasteiger partial charge in [0, 0.05) is 30.3 Å². The van der Waals surface area contributed by atoms with Crippen molar-refractivity contribution in [3.8, 4) is 11.1 Å². The molecule has 1 amide bonds. The van der Waals surface area contributed by atoms with Gasteiger partial charge in [-0.2, -0.15) is 0 Å². The van der Waals surface area contributed by atoms with E-state index in [1.165, 1.54) is 0 Å². The van der Waals surface area contributed by atoms with Gasteiger partial charge in [-0.05, 0) is 62.6 Å². The van der Waals surface area contributed by atoms with Crippen LogP contribution in [0.15, 0.2) is 36.7 Å². The predicted molar refractivity (Wildman–Crippen MR) is 130 cm³/mol. The Kier molecular flexibility index (Phi) is 7.81. The Bertz CT molecular complexity index is 1190. The smallest absolute Gasteiger partial charge is 0.412 e. The van der Waals surface area contributed by atoms with Gasteiger partial charge in [0.1, 0.15) is 11.1 Å².